The van der Waals surface area contributed by atoms with Gasteiger partial charge in [-0.25, -0.2) is 14.1 Å². The molecule has 3 heterocycles. The van der Waals surface area contributed by atoms with Gasteiger partial charge < -0.3 is 9.80 Å². The molecule has 2 atom stereocenters. The molecule has 0 aromatic heterocycles. The van der Waals surface area contributed by atoms with Gasteiger partial charge in [0.25, 0.3) is 5.91 Å². The van der Waals surface area contributed by atoms with Gasteiger partial charge >= 0.3 is 6.03 Å². The van der Waals surface area contributed by atoms with Crippen molar-refractivity contribution in [3.05, 3.63) is 35.6 Å². The number of hydrogen-bond acceptors (Lipinski definition) is 3. The van der Waals surface area contributed by atoms with Gasteiger partial charge in [-0.1, -0.05) is 12.1 Å². The molecule has 3 saturated heterocycles. The Balaban J connectivity index is 1.48. The van der Waals surface area contributed by atoms with Crippen molar-refractivity contribution in [3.8, 4) is 0 Å². The molecule has 24 heavy (non-hydrogen) atoms. The lowest BCUT2D eigenvalue weighted by atomic mass is 10.1. The lowest BCUT2D eigenvalue weighted by molar-refractivity contribution is -0.138. The van der Waals surface area contributed by atoms with Gasteiger partial charge in [-0.05, 0) is 37.0 Å². The molecule has 0 spiro atoms. The summed E-state index contributed by atoms with van der Waals surface area (Å²) in [7, 11) is 0. The van der Waals surface area contributed by atoms with Crippen LogP contribution in [0.15, 0.2) is 24.3 Å². The normalized spacial score (nSPS) is 26.7. The number of likely N-dealkylation sites (tertiary alicyclic amines) is 1. The van der Waals surface area contributed by atoms with Gasteiger partial charge in [0.05, 0.1) is 0 Å². The number of carbonyl (C=O) groups excluding carboxylic acids is 3. The molecule has 126 valence electrons. The predicted molar refractivity (Wildman–Crippen MR) is 82.2 cm³/mol. The van der Waals surface area contributed by atoms with Crippen molar-refractivity contribution in [2.45, 2.75) is 37.9 Å². The predicted octanol–water partition coefficient (Wildman–Crippen LogP) is 1.35. The fourth-order valence-corrected chi connectivity index (χ4v) is 3.86. The average Bonchev–Trinajstić information content (AvgIpc) is 3.23. The monoisotopic (exact) mass is 331 g/mol. The number of amides is 4. The van der Waals surface area contributed by atoms with Crippen molar-refractivity contribution in [2.24, 2.45) is 0 Å². The summed E-state index contributed by atoms with van der Waals surface area (Å²) in [6, 6.07) is 4.58. The standard InChI is InChI=1S/C17H18FN3O3/c18-12-5-3-11(4-6-12)10-19-9-7-14(15(19)22)21-16(23)13-2-1-8-20(13)17(21)24/h3-6,13-14H,1-2,7-10H2/t13-,14+/m0/s1. The Labute approximate surface area is 138 Å². The molecule has 4 amide bonds. The van der Waals surface area contributed by atoms with E-state index in [2.05, 4.69) is 0 Å². The van der Waals surface area contributed by atoms with Crippen LogP contribution in [0.3, 0.4) is 0 Å². The lowest BCUT2D eigenvalue weighted by Gasteiger charge is -2.22. The minimum absolute atomic E-state index is 0.206. The third-order valence-electron chi connectivity index (χ3n) is 5.09. The minimum Gasteiger partial charge on any atom is -0.336 e. The van der Waals surface area contributed by atoms with E-state index in [1.807, 2.05) is 0 Å². The van der Waals surface area contributed by atoms with E-state index in [9.17, 15) is 18.8 Å². The van der Waals surface area contributed by atoms with Crippen molar-refractivity contribution in [1.82, 2.24) is 14.7 Å². The van der Waals surface area contributed by atoms with E-state index in [0.29, 0.717) is 32.5 Å². The maximum atomic E-state index is 13.0. The van der Waals surface area contributed by atoms with Gasteiger partial charge in [-0.2, -0.15) is 0 Å². The van der Waals surface area contributed by atoms with E-state index in [4.69, 9.17) is 0 Å². The molecule has 1 aromatic carbocycles. The molecule has 0 saturated carbocycles. The van der Waals surface area contributed by atoms with Gasteiger partial charge in [0.1, 0.15) is 17.9 Å². The summed E-state index contributed by atoms with van der Waals surface area (Å²) in [5, 5.41) is 0. The summed E-state index contributed by atoms with van der Waals surface area (Å²) >= 11 is 0. The highest BCUT2D eigenvalue weighted by Crippen LogP contribution is 2.31. The largest absolute Gasteiger partial charge is 0.336 e. The topological polar surface area (TPSA) is 60.9 Å². The fourth-order valence-electron chi connectivity index (χ4n) is 3.86. The number of fused-ring (bicyclic) bond motifs is 1. The molecule has 0 N–H and O–H groups in total. The highest BCUT2D eigenvalue weighted by Gasteiger charge is 2.53. The van der Waals surface area contributed by atoms with Crippen LogP contribution in [0.5, 0.6) is 0 Å². The zero-order valence-electron chi connectivity index (χ0n) is 13.2. The lowest BCUT2D eigenvalue weighted by Crippen LogP contribution is -2.46. The van der Waals surface area contributed by atoms with Crippen LogP contribution in [0.4, 0.5) is 9.18 Å². The molecule has 6 nitrogen and oxygen atoms in total. The highest BCUT2D eigenvalue weighted by molar-refractivity contribution is 6.08. The number of halogens is 1. The molecule has 0 aliphatic carbocycles. The van der Waals surface area contributed by atoms with E-state index in [1.54, 1.807) is 21.9 Å². The van der Waals surface area contributed by atoms with Gasteiger partial charge in [-0.15, -0.1) is 0 Å². The summed E-state index contributed by atoms with van der Waals surface area (Å²) in [6.45, 7) is 1.44. The quantitative estimate of drug-likeness (QED) is 0.786. The summed E-state index contributed by atoms with van der Waals surface area (Å²) in [6.07, 6.45) is 1.98. The first-order chi connectivity index (χ1) is 11.6. The Morgan fingerprint density at radius 2 is 1.71 bits per heavy atom. The molecular weight excluding hydrogens is 313 g/mol. The first kappa shape index (κ1) is 15.1. The second-order valence-electron chi connectivity index (χ2n) is 6.53. The molecule has 3 aliphatic heterocycles. The first-order valence-electron chi connectivity index (χ1n) is 8.23. The Kier molecular flexibility index (Phi) is 3.51. The molecule has 3 fully saturated rings. The Hall–Kier alpha value is -2.44. The molecule has 0 radical (unpaired) electrons. The second-order valence-corrected chi connectivity index (χ2v) is 6.53. The third kappa shape index (κ3) is 2.26. The number of hydrogen-bond donors (Lipinski definition) is 0. The second kappa shape index (κ2) is 5.58. The smallest absolute Gasteiger partial charge is 0.328 e. The zero-order valence-corrected chi connectivity index (χ0v) is 13.2. The van der Waals surface area contributed by atoms with E-state index in [0.717, 1.165) is 16.9 Å². The van der Waals surface area contributed by atoms with Gasteiger partial charge in [0.15, 0.2) is 0 Å². The van der Waals surface area contributed by atoms with Crippen molar-refractivity contribution < 1.29 is 18.8 Å². The van der Waals surface area contributed by atoms with Gasteiger partial charge in [0, 0.05) is 19.6 Å². The first-order valence-corrected chi connectivity index (χ1v) is 8.23. The molecular formula is C17H18FN3O3. The number of nitrogens with zero attached hydrogens (tertiary/aromatic N) is 3. The summed E-state index contributed by atoms with van der Waals surface area (Å²) < 4.78 is 13.0. The zero-order chi connectivity index (χ0) is 16.8. The SMILES string of the molecule is O=C1[C@H](N2C(=O)[C@@H]3CCCN3C2=O)CCN1Cc1ccc(F)cc1. The average molecular weight is 331 g/mol. The van der Waals surface area contributed by atoms with Crippen LogP contribution >= 0.6 is 0 Å². The Bertz CT molecular complexity index is 684. The Morgan fingerprint density at radius 3 is 2.42 bits per heavy atom. The van der Waals surface area contributed by atoms with Crippen molar-refractivity contribution in [1.29, 1.82) is 0 Å². The van der Waals surface area contributed by atoms with Crippen LogP contribution in [0.25, 0.3) is 0 Å². The van der Waals surface area contributed by atoms with Crippen LogP contribution in [-0.4, -0.2) is 57.7 Å². The van der Waals surface area contributed by atoms with Crippen LogP contribution in [0.2, 0.25) is 0 Å². The van der Waals surface area contributed by atoms with Gasteiger partial charge in [0.2, 0.25) is 5.91 Å². The van der Waals surface area contributed by atoms with Gasteiger partial charge in [-0.3, -0.25) is 9.59 Å². The van der Waals surface area contributed by atoms with Crippen LogP contribution in [-0.2, 0) is 16.1 Å². The third-order valence-corrected chi connectivity index (χ3v) is 5.09. The minimum atomic E-state index is -0.698. The van der Waals surface area contributed by atoms with E-state index in [-0.39, 0.29) is 29.7 Å². The number of benzene rings is 1. The molecule has 0 bridgehead atoms. The number of imide groups is 1. The van der Waals surface area contributed by atoms with E-state index < -0.39 is 6.04 Å². The molecule has 1 aromatic rings. The maximum Gasteiger partial charge on any atom is 0.328 e. The molecule has 0 unspecified atom stereocenters. The van der Waals surface area contributed by atoms with Crippen LogP contribution < -0.4 is 0 Å². The number of carbonyl (C=O) groups is 3. The van der Waals surface area contributed by atoms with Crippen molar-refractivity contribution >= 4 is 17.8 Å². The molecule has 7 heteroatoms. The van der Waals surface area contributed by atoms with Crippen LogP contribution in [0, 0.1) is 5.82 Å². The number of rotatable bonds is 3. The molecule has 3 aliphatic rings. The highest BCUT2D eigenvalue weighted by atomic mass is 19.1. The Morgan fingerprint density at radius 1 is 0.958 bits per heavy atom. The summed E-state index contributed by atoms with van der Waals surface area (Å²) in [5.41, 5.74) is 0.824. The van der Waals surface area contributed by atoms with Crippen LogP contribution in [0.1, 0.15) is 24.8 Å². The maximum absolute atomic E-state index is 13.0. The summed E-state index contributed by atoms with van der Waals surface area (Å²) in [4.78, 5) is 42.0. The fraction of sp³-hybridized carbons (Fsp3) is 0.471. The molecule has 4 rings (SSSR count). The number of urea groups is 1. The van der Waals surface area contributed by atoms with Crippen molar-refractivity contribution in [3.63, 3.8) is 0 Å². The summed E-state index contributed by atoms with van der Waals surface area (Å²) in [5.74, 6) is -0.764. The van der Waals surface area contributed by atoms with E-state index >= 15 is 0 Å². The van der Waals surface area contributed by atoms with Crippen molar-refractivity contribution in [2.75, 3.05) is 13.1 Å². The van der Waals surface area contributed by atoms with E-state index in [1.165, 1.54) is 12.1 Å².